The molecule has 0 aromatic carbocycles. The zero-order valence-corrected chi connectivity index (χ0v) is 12.0. The minimum absolute atomic E-state index is 0.0349. The number of aliphatic carboxylic acids is 1. The fraction of sp³-hybridized carbons (Fsp3) is 0.615. The van der Waals surface area contributed by atoms with Crippen molar-refractivity contribution in [2.45, 2.75) is 40.7 Å². The van der Waals surface area contributed by atoms with Gasteiger partial charge in [-0.25, -0.2) is 4.79 Å². The Balaban J connectivity index is 4.53. The lowest BCUT2D eigenvalue weighted by Crippen LogP contribution is -2.46. The summed E-state index contributed by atoms with van der Waals surface area (Å²) in [6, 6.07) is -0.706. The number of carboxylic acid groups (broad SMARTS) is 1. The molecule has 0 aromatic heterocycles. The van der Waals surface area contributed by atoms with E-state index in [0.29, 0.717) is 12.5 Å². The van der Waals surface area contributed by atoms with Crippen LogP contribution in [0.3, 0.4) is 0 Å². The van der Waals surface area contributed by atoms with Gasteiger partial charge in [0.15, 0.2) is 0 Å². The van der Waals surface area contributed by atoms with Crippen molar-refractivity contribution in [3.05, 3.63) is 11.1 Å². The molecule has 108 valence electrons. The average molecular weight is 270 g/mol. The molecule has 0 aliphatic carbocycles. The zero-order chi connectivity index (χ0) is 15.2. The summed E-state index contributed by atoms with van der Waals surface area (Å²) in [5.74, 6) is -1.66. The van der Waals surface area contributed by atoms with Gasteiger partial charge in [-0.3, -0.25) is 9.59 Å². The minimum Gasteiger partial charge on any atom is -0.478 e. The first-order chi connectivity index (χ1) is 8.66. The Labute approximate surface area is 113 Å². The van der Waals surface area contributed by atoms with Crippen LogP contribution < -0.4 is 10.6 Å². The molecule has 0 radical (unpaired) electrons. The summed E-state index contributed by atoms with van der Waals surface area (Å²) in [5, 5.41) is 13.9. The van der Waals surface area contributed by atoms with E-state index in [0.717, 1.165) is 0 Å². The van der Waals surface area contributed by atoms with Crippen molar-refractivity contribution in [3.63, 3.8) is 0 Å². The molecule has 0 rings (SSSR count). The van der Waals surface area contributed by atoms with Gasteiger partial charge in [0.05, 0.1) is 0 Å². The van der Waals surface area contributed by atoms with E-state index >= 15 is 0 Å². The fourth-order valence-corrected chi connectivity index (χ4v) is 1.16. The second-order valence-corrected chi connectivity index (χ2v) is 4.89. The highest BCUT2D eigenvalue weighted by Crippen LogP contribution is 2.04. The highest BCUT2D eigenvalue weighted by molar-refractivity contribution is 6.02. The molecule has 0 aromatic rings. The molecule has 0 heterocycles. The highest BCUT2D eigenvalue weighted by atomic mass is 16.4. The summed E-state index contributed by atoms with van der Waals surface area (Å²) in [6.45, 7) is 8.77. The predicted molar refractivity (Wildman–Crippen MR) is 71.5 cm³/mol. The number of carbonyl (C=O) groups is 3. The molecule has 19 heavy (non-hydrogen) atoms. The van der Waals surface area contributed by atoms with Crippen LogP contribution >= 0.6 is 0 Å². The molecule has 2 amide bonds. The van der Waals surface area contributed by atoms with Gasteiger partial charge >= 0.3 is 5.97 Å². The lowest BCUT2D eigenvalue weighted by atomic mass is 10.1. The molecule has 0 fully saturated rings. The van der Waals surface area contributed by atoms with Crippen LogP contribution in [0.4, 0.5) is 0 Å². The maximum absolute atomic E-state index is 11.7. The Hall–Kier alpha value is -1.85. The van der Waals surface area contributed by atoms with Crippen LogP contribution in [-0.4, -0.2) is 35.5 Å². The molecule has 0 bridgehead atoms. The van der Waals surface area contributed by atoms with E-state index < -0.39 is 17.9 Å². The van der Waals surface area contributed by atoms with Crippen LogP contribution in [0.5, 0.6) is 0 Å². The number of rotatable bonds is 6. The summed E-state index contributed by atoms with van der Waals surface area (Å²) in [7, 11) is 0. The largest absolute Gasteiger partial charge is 0.478 e. The number of carboxylic acids is 1. The fourth-order valence-electron chi connectivity index (χ4n) is 1.16. The van der Waals surface area contributed by atoms with Crippen LogP contribution in [0.2, 0.25) is 0 Å². The number of amides is 2. The van der Waals surface area contributed by atoms with Gasteiger partial charge in [-0.1, -0.05) is 13.8 Å². The molecular formula is C13H22N2O4. The van der Waals surface area contributed by atoms with Crippen LogP contribution in [0.15, 0.2) is 11.1 Å². The first-order valence-electron chi connectivity index (χ1n) is 6.16. The van der Waals surface area contributed by atoms with Crippen molar-refractivity contribution in [3.8, 4) is 0 Å². The number of hydrogen-bond donors (Lipinski definition) is 3. The summed E-state index contributed by atoms with van der Waals surface area (Å²) in [6.07, 6.45) is 0. The minimum atomic E-state index is -1.15. The van der Waals surface area contributed by atoms with Gasteiger partial charge in [-0.05, 0) is 26.7 Å². The molecule has 0 saturated heterocycles. The molecule has 0 spiro atoms. The van der Waals surface area contributed by atoms with E-state index in [-0.39, 0.29) is 17.1 Å². The SMILES string of the molecule is CC(C(=O)O)=C(C)C(=O)NC(C)C(=O)NCC(C)C. The number of nitrogens with one attached hydrogen (secondary N) is 2. The standard InChI is InChI=1S/C13H22N2O4/c1-7(2)6-14-12(17)10(5)15-11(16)8(3)9(4)13(18)19/h7,10H,6H2,1-5H3,(H,14,17)(H,15,16)(H,18,19). The maximum atomic E-state index is 11.7. The molecule has 0 aliphatic rings. The molecule has 0 saturated carbocycles. The second-order valence-electron chi connectivity index (χ2n) is 4.89. The van der Waals surface area contributed by atoms with Crippen molar-refractivity contribution in [1.29, 1.82) is 0 Å². The first kappa shape index (κ1) is 17.2. The molecule has 1 atom stereocenters. The summed E-state index contributed by atoms with van der Waals surface area (Å²) in [4.78, 5) is 34.1. The van der Waals surface area contributed by atoms with Crippen LogP contribution in [-0.2, 0) is 14.4 Å². The van der Waals surface area contributed by atoms with Crippen molar-refractivity contribution in [2.24, 2.45) is 5.92 Å². The normalized spacial score (nSPS) is 13.6. The molecular weight excluding hydrogens is 248 g/mol. The van der Waals surface area contributed by atoms with Gasteiger partial charge < -0.3 is 15.7 Å². The maximum Gasteiger partial charge on any atom is 0.331 e. The van der Waals surface area contributed by atoms with E-state index in [1.807, 2.05) is 13.8 Å². The van der Waals surface area contributed by atoms with Gasteiger partial charge in [0.2, 0.25) is 11.8 Å². The third kappa shape index (κ3) is 6.03. The Morgan fingerprint density at radius 3 is 2.00 bits per heavy atom. The summed E-state index contributed by atoms with van der Waals surface area (Å²) in [5.41, 5.74) is 0.0586. The summed E-state index contributed by atoms with van der Waals surface area (Å²) < 4.78 is 0. The van der Waals surface area contributed by atoms with Crippen molar-refractivity contribution < 1.29 is 19.5 Å². The van der Waals surface area contributed by atoms with Crippen molar-refractivity contribution in [1.82, 2.24) is 10.6 Å². The van der Waals surface area contributed by atoms with Crippen LogP contribution in [0, 0.1) is 5.92 Å². The Morgan fingerprint density at radius 1 is 1.05 bits per heavy atom. The second kappa shape index (κ2) is 7.56. The van der Waals surface area contributed by atoms with Gasteiger partial charge in [0.25, 0.3) is 0 Å². The Kier molecular flexibility index (Phi) is 6.82. The monoisotopic (exact) mass is 270 g/mol. The van der Waals surface area contributed by atoms with Gasteiger partial charge in [0, 0.05) is 17.7 Å². The number of carbonyl (C=O) groups excluding carboxylic acids is 2. The van der Waals surface area contributed by atoms with Gasteiger partial charge in [0.1, 0.15) is 6.04 Å². The van der Waals surface area contributed by atoms with E-state index in [1.54, 1.807) is 6.92 Å². The van der Waals surface area contributed by atoms with Crippen molar-refractivity contribution >= 4 is 17.8 Å². The summed E-state index contributed by atoms with van der Waals surface area (Å²) >= 11 is 0. The lowest BCUT2D eigenvalue weighted by molar-refractivity contribution is -0.133. The van der Waals surface area contributed by atoms with E-state index in [1.165, 1.54) is 13.8 Å². The molecule has 3 N–H and O–H groups in total. The molecule has 6 heteroatoms. The topological polar surface area (TPSA) is 95.5 Å². The van der Waals surface area contributed by atoms with E-state index in [2.05, 4.69) is 10.6 Å². The van der Waals surface area contributed by atoms with E-state index in [9.17, 15) is 14.4 Å². The van der Waals surface area contributed by atoms with Gasteiger partial charge in [-0.15, -0.1) is 0 Å². The van der Waals surface area contributed by atoms with Crippen LogP contribution in [0.1, 0.15) is 34.6 Å². The van der Waals surface area contributed by atoms with Crippen LogP contribution in [0.25, 0.3) is 0 Å². The smallest absolute Gasteiger partial charge is 0.331 e. The number of hydrogen-bond acceptors (Lipinski definition) is 3. The lowest BCUT2D eigenvalue weighted by Gasteiger charge is -2.15. The molecule has 6 nitrogen and oxygen atoms in total. The Morgan fingerprint density at radius 2 is 1.58 bits per heavy atom. The third-order valence-corrected chi connectivity index (χ3v) is 2.65. The quantitative estimate of drug-likeness (QED) is 0.619. The highest BCUT2D eigenvalue weighted by Gasteiger charge is 2.18. The van der Waals surface area contributed by atoms with Crippen molar-refractivity contribution in [2.75, 3.05) is 6.54 Å². The third-order valence-electron chi connectivity index (χ3n) is 2.65. The van der Waals surface area contributed by atoms with E-state index in [4.69, 9.17) is 5.11 Å². The zero-order valence-electron chi connectivity index (χ0n) is 12.0. The average Bonchev–Trinajstić information content (AvgIpc) is 2.33. The predicted octanol–water partition coefficient (Wildman–Crippen LogP) is 0.684. The van der Waals surface area contributed by atoms with Gasteiger partial charge in [-0.2, -0.15) is 0 Å². The Bertz CT molecular complexity index is 399. The first-order valence-corrected chi connectivity index (χ1v) is 6.16. The molecule has 0 aliphatic heterocycles. The molecule has 1 unspecified atom stereocenters.